The van der Waals surface area contributed by atoms with Crippen molar-refractivity contribution in [3.8, 4) is 0 Å². The maximum Gasteiger partial charge on any atom is 0.306 e. The Morgan fingerprint density at radius 2 is 1.80 bits per heavy atom. The van der Waals surface area contributed by atoms with Gasteiger partial charge in [-0.3, -0.25) is 14.4 Å². The van der Waals surface area contributed by atoms with Crippen LogP contribution in [0.1, 0.15) is 65.1 Å². The minimum absolute atomic E-state index is 0.0147. The van der Waals surface area contributed by atoms with E-state index in [0.717, 1.165) is 35.4 Å². The van der Waals surface area contributed by atoms with E-state index in [9.17, 15) is 22.8 Å². The molecule has 2 aliphatic rings. The van der Waals surface area contributed by atoms with Crippen molar-refractivity contribution >= 4 is 38.8 Å². The summed E-state index contributed by atoms with van der Waals surface area (Å²) in [6.07, 6.45) is 4.12. The van der Waals surface area contributed by atoms with Gasteiger partial charge in [-0.05, 0) is 39.2 Å². The van der Waals surface area contributed by atoms with Crippen LogP contribution in [0.2, 0.25) is 0 Å². The molecule has 1 atom stereocenters. The topological polar surface area (TPSA) is 97.8 Å². The summed E-state index contributed by atoms with van der Waals surface area (Å²) in [7, 11) is -3.12. The molecule has 0 aromatic carbocycles. The van der Waals surface area contributed by atoms with Gasteiger partial charge in [0.25, 0.3) is 5.91 Å². The van der Waals surface area contributed by atoms with E-state index in [1.165, 1.54) is 0 Å². The normalized spacial score (nSPS) is 20.9. The number of sulfone groups is 1. The van der Waals surface area contributed by atoms with Crippen LogP contribution in [0.3, 0.4) is 0 Å². The van der Waals surface area contributed by atoms with Crippen LogP contribution in [-0.2, 0) is 24.2 Å². The number of hydrogen-bond donors (Lipinski definition) is 0. The van der Waals surface area contributed by atoms with Crippen molar-refractivity contribution in [3.63, 3.8) is 0 Å². The molecular formula is C21H29NO6S2. The van der Waals surface area contributed by atoms with Crippen LogP contribution in [-0.4, -0.2) is 61.2 Å². The minimum atomic E-state index is -3.12. The number of esters is 1. The van der Waals surface area contributed by atoms with Crippen LogP contribution >= 0.6 is 11.3 Å². The second-order valence-electron chi connectivity index (χ2n) is 8.21. The molecule has 1 saturated heterocycles. The Kier molecular flexibility index (Phi) is 7.34. The quantitative estimate of drug-likeness (QED) is 0.442. The summed E-state index contributed by atoms with van der Waals surface area (Å²) in [6, 6.07) is 1.50. The number of thiophene rings is 1. The third-order valence-electron chi connectivity index (χ3n) is 5.86. The van der Waals surface area contributed by atoms with Gasteiger partial charge >= 0.3 is 5.97 Å². The molecule has 2 fully saturated rings. The average molecular weight is 456 g/mol. The van der Waals surface area contributed by atoms with Crippen LogP contribution in [0, 0.1) is 13.8 Å². The van der Waals surface area contributed by atoms with Gasteiger partial charge in [-0.15, -0.1) is 11.3 Å². The summed E-state index contributed by atoms with van der Waals surface area (Å²) >= 11 is 1.54. The number of carbonyl (C=O) groups is 3. The molecule has 1 saturated carbocycles. The van der Waals surface area contributed by atoms with Gasteiger partial charge in [-0.1, -0.05) is 12.8 Å². The smallest absolute Gasteiger partial charge is 0.306 e. The van der Waals surface area contributed by atoms with E-state index in [0.29, 0.717) is 12.0 Å². The van der Waals surface area contributed by atoms with Crippen molar-refractivity contribution < 1.29 is 27.5 Å². The number of rotatable bonds is 8. The third kappa shape index (κ3) is 5.69. The number of ether oxygens (including phenoxy) is 1. The first kappa shape index (κ1) is 22.9. The van der Waals surface area contributed by atoms with Crippen molar-refractivity contribution in [1.82, 2.24) is 4.90 Å². The molecule has 1 aromatic heterocycles. The number of aryl methyl sites for hydroxylation is 2. The third-order valence-corrected chi connectivity index (χ3v) is 8.58. The van der Waals surface area contributed by atoms with Gasteiger partial charge in [0, 0.05) is 33.8 Å². The number of ketones is 1. The van der Waals surface area contributed by atoms with E-state index >= 15 is 0 Å². The van der Waals surface area contributed by atoms with Gasteiger partial charge in [0.05, 0.1) is 17.9 Å². The fourth-order valence-corrected chi connectivity index (χ4v) is 7.08. The lowest BCUT2D eigenvalue weighted by Crippen LogP contribution is -2.48. The van der Waals surface area contributed by atoms with Gasteiger partial charge in [0.1, 0.15) is 0 Å². The lowest BCUT2D eigenvalue weighted by Gasteiger charge is -2.33. The van der Waals surface area contributed by atoms with Gasteiger partial charge < -0.3 is 9.64 Å². The molecular weight excluding hydrogens is 426 g/mol. The lowest BCUT2D eigenvalue weighted by atomic mass is 10.1. The van der Waals surface area contributed by atoms with Crippen LogP contribution in [0.4, 0.5) is 0 Å². The zero-order chi connectivity index (χ0) is 21.9. The summed E-state index contributed by atoms with van der Waals surface area (Å²) in [5.41, 5.74) is 0.635. The van der Waals surface area contributed by atoms with E-state index in [2.05, 4.69) is 0 Å². The Hall–Kier alpha value is -1.74. The highest BCUT2D eigenvalue weighted by Crippen LogP contribution is 2.29. The fourth-order valence-electron chi connectivity index (χ4n) is 4.43. The lowest BCUT2D eigenvalue weighted by molar-refractivity contribution is -0.154. The Bertz CT molecular complexity index is 914. The summed E-state index contributed by atoms with van der Waals surface area (Å²) in [6.45, 7) is 3.40. The highest BCUT2D eigenvalue weighted by Gasteiger charge is 2.39. The van der Waals surface area contributed by atoms with Crippen molar-refractivity contribution in [3.05, 3.63) is 21.4 Å². The number of hydrogen-bond acceptors (Lipinski definition) is 7. The Labute approximate surface area is 181 Å². The van der Waals surface area contributed by atoms with Crippen LogP contribution in [0.15, 0.2) is 6.07 Å². The predicted molar refractivity (Wildman–Crippen MR) is 114 cm³/mol. The number of amides is 1. The maximum absolute atomic E-state index is 12.8. The van der Waals surface area contributed by atoms with Crippen molar-refractivity contribution in [2.75, 3.05) is 18.1 Å². The maximum atomic E-state index is 12.8. The molecule has 0 bridgehead atoms. The monoisotopic (exact) mass is 455 g/mol. The zero-order valence-corrected chi connectivity index (χ0v) is 19.1. The molecule has 7 nitrogen and oxygen atoms in total. The van der Waals surface area contributed by atoms with Gasteiger partial charge in [0.2, 0.25) is 0 Å². The molecule has 0 N–H and O–H groups in total. The van der Waals surface area contributed by atoms with Crippen molar-refractivity contribution in [2.24, 2.45) is 0 Å². The Balaban J connectivity index is 1.52. The Morgan fingerprint density at radius 3 is 2.37 bits per heavy atom. The molecule has 2 heterocycles. The Morgan fingerprint density at radius 1 is 1.10 bits per heavy atom. The first-order chi connectivity index (χ1) is 14.2. The molecule has 1 aromatic rings. The van der Waals surface area contributed by atoms with E-state index in [1.807, 2.05) is 19.9 Å². The van der Waals surface area contributed by atoms with Crippen LogP contribution in [0.5, 0.6) is 0 Å². The summed E-state index contributed by atoms with van der Waals surface area (Å²) in [5, 5.41) is 0. The summed E-state index contributed by atoms with van der Waals surface area (Å²) in [4.78, 5) is 40.9. The van der Waals surface area contributed by atoms with E-state index in [1.54, 1.807) is 16.2 Å². The molecule has 3 rings (SSSR count). The molecule has 1 aliphatic carbocycles. The molecule has 1 aliphatic heterocycles. The van der Waals surface area contributed by atoms with Crippen LogP contribution in [0.25, 0.3) is 0 Å². The largest absolute Gasteiger partial charge is 0.456 e. The van der Waals surface area contributed by atoms with E-state index in [4.69, 9.17) is 4.74 Å². The second-order valence-corrected chi connectivity index (χ2v) is 11.9. The second kappa shape index (κ2) is 9.60. The molecule has 1 unspecified atom stereocenters. The first-order valence-corrected chi connectivity index (χ1v) is 13.1. The summed E-state index contributed by atoms with van der Waals surface area (Å²) in [5.74, 6) is -0.960. The van der Waals surface area contributed by atoms with Gasteiger partial charge in [0.15, 0.2) is 22.2 Å². The highest BCUT2D eigenvalue weighted by atomic mass is 32.2. The van der Waals surface area contributed by atoms with Gasteiger partial charge in [-0.25, -0.2) is 8.42 Å². The molecule has 0 radical (unpaired) electrons. The van der Waals surface area contributed by atoms with E-state index < -0.39 is 22.4 Å². The molecule has 166 valence electrons. The molecule has 30 heavy (non-hydrogen) atoms. The molecule has 0 spiro atoms. The SMILES string of the molecule is Cc1cc(C(=O)CCC(=O)OCC(=O)N(C2CCCC2)C2CCS(=O)(=O)C2)c(C)s1. The van der Waals surface area contributed by atoms with Gasteiger partial charge in [-0.2, -0.15) is 0 Å². The average Bonchev–Trinajstić information content (AvgIpc) is 3.39. The first-order valence-electron chi connectivity index (χ1n) is 10.4. The minimum Gasteiger partial charge on any atom is -0.456 e. The predicted octanol–water partition coefficient (Wildman–Crippen LogP) is 2.83. The highest BCUT2D eigenvalue weighted by molar-refractivity contribution is 7.91. The standard InChI is InChI=1S/C21H29NO6S2/c1-14-11-18(15(2)29-14)19(23)7-8-21(25)28-12-20(24)22(16-5-3-4-6-16)17-9-10-30(26,27)13-17/h11,16-17H,3-10,12-13H2,1-2H3. The number of Topliss-reactive ketones (excluding diaryl/α,β-unsaturated/α-hetero) is 1. The van der Waals surface area contributed by atoms with Crippen molar-refractivity contribution in [2.45, 2.75) is 70.9 Å². The molecule has 1 amide bonds. The number of carbonyl (C=O) groups excluding carboxylic acids is 3. The fraction of sp³-hybridized carbons (Fsp3) is 0.667. The van der Waals surface area contributed by atoms with E-state index in [-0.39, 0.29) is 48.1 Å². The zero-order valence-electron chi connectivity index (χ0n) is 17.5. The molecule has 9 heteroatoms. The van der Waals surface area contributed by atoms with Crippen LogP contribution < -0.4 is 0 Å². The number of nitrogens with zero attached hydrogens (tertiary/aromatic N) is 1. The summed E-state index contributed by atoms with van der Waals surface area (Å²) < 4.78 is 28.9. The van der Waals surface area contributed by atoms with Crippen molar-refractivity contribution in [1.29, 1.82) is 0 Å².